The van der Waals surface area contributed by atoms with E-state index in [9.17, 15) is 45.6 Å². The van der Waals surface area contributed by atoms with Gasteiger partial charge in [0.2, 0.25) is 37.8 Å². The Bertz CT molecular complexity index is 2150. The fraction of sp³-hybridized carbons (Fsp3) is 0.763. The zero-order chi connectivity index (χ0) is 68.0. The lowest BCUT2D eigenvalue weighted by Crippen LogP contribution is -2.40. The van der Waals surface area contributed by atoms with Crippen LogP contribution >= 0.6 is 0 Å². The SMILES string of the molecule is C#CC(C)C.CC(C)CC(=O)N(C)C.CC(C)CC(N)=O.CC(C)N(C)C(=O)N(C)C.CC(C)N(C)C(N)=O.CC(C)S(N)(=O)=O.CC(C)c1ccc2c(c1)CNC2.CNC(=O)CC(C)C.CNC(=O)N(C)C(C)C.CNS(=O)(=O)C(C)C. The van der Waals surface area contributed by atoms with Gasteiger partial charge in [-0.15, -0.1) is 12.3 Å². The maximum Gasteiger partial charge on any atom is 0.319 e. The standard InChI is InChI=1S/C11H15N.C7H16N2O.C7H15NO.C6H14N2O.C6H13NO.C5H12N2O.C5H11NO.C5H8.C4H11NO2S.C3H9NO2S/c1-8(2)9-3-4-10-6-12-7-11(10)5-9;1-6(2)9(5)7(10)8(3)4;1-6(2)5-7(9)8(3)4;1-5(2)8(4)6(9)7-3;1-5(2)4-6(8)7-3;1-4(2)7(3)5(6)8;1-4(2)3-5(6)7;1-4-5(2)3;1-4(2)8(6,7)5-3;1-3(2)7(4,5)6/h3-5,8,12H,6-7H2,1-2H3;6H,1-5H3;6H,5H2,1-4H3;5H,1-4H3,(H,7,9);5H,4H2,1-3H3,(H,7,8);4H,1-3H3,(H2,6,8);4H,3H2,1-2H3,(H2,6,7);1,5H,2-3H3;4-5H,1-3H3;3H,1-2H3,(H2,4,5,6). The van der Waals surface area contributed by atoms with Crippen LogP contribution < -0.4 is 37.3 Å². The summed E-state index contributed by atoms with van der Waals surface area (Å²) in [5, 5.41) is 12.3. The smallest absolute Gasteiger partial charge is 0.319 e. The Labute approximate surface area is 507 Å². The number of urea groups is 3. The zero-order valence-electron chi connectivity index (χ0n) is 57.5. The minimum Gasteiger partial charge on any atom is -0.370 e. The summed E-state index contributed by atoms with van der Waals surface area (Å²) < 4.78 is 43.6. The van der Waals surface area contributed by atoms with Crippen LogP contribution in [-0.2, 0) is 47.5 Å². The molecule has 22 nitrogen and oxygen atoms in total. The van der Waals surface area contributed by atoms with E-state index in [1.54, 1.807) is 96.9 Å². The number of hydrogen-bond donors (Lipinski definition) is 7. The number of amides is 9. The highest BCUT2D eigenvalue weighted by Crippen LogP contribution is 2.21. The molecule has 10 N–H and O–H groups in total. The first-order chi connectivity index (χ1) is 37.4. The summed E-state index contributed by atoms with van der Waals surface area (Å²) in [6.45, 7) is 40.7. The van der Waals surface area contributed by atoms with Crippen LogP contribution in [0.5, 0.6) is 0 Å². The fourth-order valence-electron chi connectivity index (χ4n) is 4.52. The van der Waals surface area contributed by atoms with Gasteiger partial charge in [0.05, 0.1) is 10.5 Å². The number of sulfonamides is 2. The van der Waals surface area contributed by atoms with E-state index in [-0.39, 0.29) is 59.2 Å². The molecular formula is C59H124N12O10S2. The van der Waals surface area contributed by atoms with Crippen LogP contribution in [0.1, 0.15) is 180 Å². The van der Waals surface area contributed by atoms with Gasteiger partial charge in [-0.2, -0.15) is 0 Å². The number of hydrogen-bond acceptors (Lipinski definition) is 11. The van der Waals surface area contributed by atoms with Crippen molar-refractivity contribution in [2.24, 2.45) is 40.3 Å². The van der Waals surface area contributed by atoms with Gasteiger partial charge in [-0.1, -0.05) is 87.4 Å². The Morgan fingerprint density at radius 3 is 1.12 bits per heavy atom. The molecule has 0 saturated heterocycles. The number of nitrogens with two attached hydrogens (primary N) is 3. The van der Waals surface area contributed by atoms with E-state index in [1.807, 2.05) is 96.9 Å². The van der Waals surface area contributed by atoms with E-state index in [0.717, 1.165) is 13.1 Å². The number of carbonyl (C=O) groups excluding carboxylic acids is 6. The second kappa shape index (κ2) is 52.3. The highest BCUT2D eigenvalue weighted by molar-refractivity contribution is 7.90. The fourth-order valence-corrected chi connectivity index (χ4v) is 4.99. The number of nitrogens with zero attached hydrogens (tertiary/aromatic N) is 5. The van der Waals surface area contributed by atoms with Crippen LogP contribution in [0, 0.1) is 36.0 Å². The molecule has 83 heavy (non-hydrogen) atoms. The first kappa shape index (κ1) is 94.2. The summed E-state index contributed by atoms with van der Waals surface area (Å²) >= 11 is 0. The molecule has 2 rings (SSSR count). The highest BCUT2D eigenvalue weighted by atomic mass is 32.2. The molecule has 0 aromatic heterocycles. The minimum atomic E-state index is -3.24. The Morgan fingerprint density at radius 1 is 0.578 bits per heavy atom. The Balaban J connectivity index is -0.000000126. The molecule has 0 saturated carbocycles. The molecule has 0 radical (unpaired) electrons. The molecule has 0 fully saturated rings. The van der Waals surface area contributed by atoms with Crippen LogP contribution in [0.4, 0.5) is 14.4 Å². The quantitative estimate of drug-likeness (QED) is 0.0934. The van der Waals surface area contributed by atoms with E-state index in [0.29, 0.717) is 48.9 Å². The molecule has 0 bridgehead atoms. The predicted octanol–water partition coefficient (Wildman–Crippen LogP) is 7.81. The lowest BCUT2D eigenvalue weighted by atomic mass is 9.99. The first-order valence-electron chi connectivity index (χ1n) is 28.3. The molecule has 9 amide bonds. The average Bonchev–Trinajstić information content (AvgIpc) is 3.84. The molecule has 0 atom stereocenters. The first-order valence-corrected chi connectivity index (χ1v) is 31.4. The van der Waals surface area contributed by atoms with E-state index in [4.69, 9.17) is 17.9 Å². The summed E-state index contributed by atoms with van der Waals surface area (Å²) in [5.41, 5.74) is 14.2. The molecule has 24 heteroatoms. The van der Waals surface area contributed by atoms with Crippen molar-refractivity contribution in [3.05, 3.63) is 34.9 Å². The third-order valence-electron chi connectivity index (χ3n) is 10.9. The highest BCUT2D eigenvalue weighted by Gasteiger charge is 2.14. The summed E-state index contributed by atoms with van der Waals surface area (Å²) in [4.78, 5) is 71.6. The van der Waals surface area contributed by atoms with Crippen molar-refractivity contribution in [3.63, 3.8) is 0 Å². The summed E-state index contributed by atoms with van der Waals surface area (Å²) in [7, 11) is 10.8. The molecule has 1 aromatic carbocycles. The Hall–Kier alpha value is -5.22. The second-order valence-electron chi connectivity index (χ2n) is 22.9. The van der Waals surface area contributed by atoms with Crippen LogP contribution in [-0.4, -0.2) is 176 Å². The lowest BCUT2D eigenvalue weighted by molar-refractivity contribution is -0.129. The number of terminal acetylenes is 1. The number of primary sulfonamides is 1. The normalized spacial score (nSPS) is 10.8. The van der Waals surface area contributed by atoms with E-state index >= 15 is 0 Å². The summed E-state index contributed by atoms with van der Waals surface area (Å²) in [5.74, 6) is 5.05. The summed E-state index contributed by atoms with van der Waals surface area (Å²) in [6.07, 6.45) is 6.72. The van der Waals surface area contributed by atoms with Crippen LogP contribution in [0.15, 0.2) is 18.2 Å². The number of rotatable bonds is 13. The largest absolute Gasteiger partial charge is 0.370 e. The van der Waals surface area contributed by atoms with Gasteiger partial charge in [0.15, 0.2) is 0 Å². The van der Waals surface area contributed by atoms with Gasteiger partial charge in [0, 0.05) is 120 Å². The van der Waals surface area contributed by atoms with E-state index < -0.39 is 25.3 Å². The topological polar surface area (TPSA) is 313 Å². The Kier molecular flexibility index (Phi) is 59.4. The molecule has 0 aliphatic carbocycles. The van der Waals surface area contributed by atoms with Crippen molar-refractivity contribution in [2.45, 2.75) is 205 Å². The van der Waals surface area contributed by atoms with Gasteiger partial charge < -0.3 is 51.9 Å². The molecular weight excluding hydrogens is 1100 g/mol. The molecule has 1 aliphatic heterocycles. The van der Waals surface area contributed by atoms with Crippen molar-refractivity contribution < 1.29 is 45.6 Å². The van der Waals surface area contributed by atoms with Crippen molar-refractivity contribution in [3.8, 4) is 12.3 Å². The van der Waals surface area contributed by atoms with E-state index in [1.165, 1.54) is 42.5 Å². The molecule has 0 unspecified atom stereocenters. The average molecular weight is 1230 g/mol. The van der Waals surface area contributed by atoms with Gasteiger partial charge >= 0.3 is 18.1 Å². The van der Waals surface area contributed by atoms with E-state index in [2.05, 4.69) is 63.8 Å². The monoisotopic (exact) mass is 1220 g/mol. The molecule has 492 valence electrons. The van der Waals surface area contributed by atoms with Gasteiger partial charge in [0.25, 0.3) is 0 Å². The molecule has 0 spiro atoms. The van der Waals surface area contributed by atoms with Gasteiger partial charge in [-0.25, -0.2) is 41.1 Å². The number of fused-ring (bicyclic) bond motifs is 1. The Morgan fingerprint density at radius 2 is 0.964 bits per heavy atom. The van der Waals surface area contributed by atoms with Crippen molar-refractivity contribution >= 4 is 55.9 Å². The third kappa shape index (κ3) is 62.7. The minimum absolute atomic E-state index is 0.0370. The van der Waals surface area contributed by atoms with Crippen molar-refractivity contribution in [1.29, 1.82) is 0 Å². The van der Waals surface area contributed by atoms with Gasteiger partial charge in [0.1, 0.15) is 0 Å². The number of carbonyl (C=O) groups is 6. The maximum absolute atomic E-state index is 11.1. The molecule has 1 aromatic rings. The van der Waals surface area contributed by atoms with Crippen molar-refractivity contribution in [2.75, 3.05) is 70.5 Å². The van der Waals surface area contributed by atoms with Crippen molar-refractivity contribution in [1.82, 2.24) is 45.2 Å². The van der Waals surface area contributed by atoms with Gasteiger partial charge in [-0.3, -0.25) is 14.4 Å². The maximum atomic E-state index is 11.1. The number of primary amides is 2. The molecule has 1 heterocycles. The van der Waals surface area contributed by atoms with Crippen LogP contribution in [0.25, 0.3) is 0 Å². The zero-order valence-corrected chi connectivity index (χ0v) is 59.1. The number of nitrogens with one attached hydrogen (secondary N) is 4. The lowest BCUT2D eigenvalue weighted by Gasteiger charge is -2.24. The third-order valence-corrected chi connectivity index (χ3v) is 14.0. The van der Waals surface area contributed by atoms with Crippen LogP contribution in [0.3, 0.4) is 0 Å². The number of benzene rings is 1. The molecule has 1 aliphatic rings. The summed E-state index contributed by atoms with van der Waals surface area (Å²) in [6, 6.07) is 7.22. The predicted molar refractivity (Wildman–Crippen MR) is 348 cm³/mol. The second-order valence-corrected chi connectivity index (χ2v) is 27.5. The van der Waals surface area contributed by atoms with Gasteiger partial charge in [-0.05, 0) is 117 Å². The van der Waals surface area contributed by atoms with Crippen LogP contribution in [0.2, 0.25) is 0 Å².